The van der Waals surface area contributed by atoms with Gasteiger partial charge in [0.15, 0.2) is 0 Å². The van der Waals surface area contributed by atoms with E-state index in [2.05, 4.69) is 41.9 Å². The molecule has 0 aromatic heterocycles. The van der Waals surface area contributed by atoms with Crippen LogP contribution in [0.25, 0.3) is 0 Å². The summed E-state index contributed by atoms with van der Waals surface area (Å²) < 4.78 is 5.83. The van der Waals surface area contributed by atoms with Crippen LogP contribution in [0.4, 0.5) is 0 Å². The van der Waals surface area contributed by atoms with Crippen molar-refractivity contribution in [1.82, 2.24) is 0 Å². The van der Waals surface area contributed by atoms with E-state index in [4.69, 9.17) is 16.3 Å². The van der Waals surface area contributed by atoms with Crippen LogP contribution >= 0.6 is 27.5 Å². The summed E-state index contributed by atoms with van der Waals surface area (Å²) in [5.41, 5.74) is 2.40. The van der Waals surface area contributed by atoms with Gasteiger partial charge in [0.05, 0.1) is 0 Å². The van der Waals surface area contributed by atoms with Gasteiger partial charge in [-0.1, -0.05) is 59.6 Å². The molecule has 0 fully saturated rings. The molecule has 0 saturated carbocycles. The fourth-order valence-corrected chi connectivity index (χ4v) is 2.82. The van der Waals surface area contributed by atoms with Gasteiger partial charge in [-0.25, -0.2) is 0 Å². The van der Waals surface area contributed by atoms with Crippen molar-refractivity contribution in [2.45, 2.75) is 31.5 Å². The molecule has 0 aliphatic heterocycles. The number of halogens is 2. The summed E-state index contributed by atoms with van der Waals surface area (Å²) in [6.45, 7) is 4.43. The van der Waals surface area contributed by atoms with Gasteiger partial charge in [-0.05, 0) is 47.7 Å². The van der Waals surface area contributed by atoms with Gasteiger partial charge in [-0.15, -0.1) is 0 Å². The molecule has 0 radical (unpaired) electrons. The Kier molecular flexibility index (Phi) is 5.50. The van der Waals surface area contributed by atoms with Crippen LogP contribution in [0, 0.1) is 0 Å². The standard InChI is InChI=1S/C17H18BrClO/c1-3-12(2)13-4-7-15(8-5-13)20-16-9-6-14(11-18)17(19)10-16/h4-10,12H,3,11H2,1-2H3. The van der Waals surface area contributed by atoms with Gasteiger partial charge in [0, 0.05) is 10.4 Å². The van der Waals surface area contributed by atoms with Crippen LogP contribution in [0.2, 0.25) is 5.02 Å². The molecule has 0 N–H and O–H groups in total. The van der Waals surface area contributed by atoms with Crippen molar-refractivity contribution in [2.24, 2.45) is 0 Å². The molecule has 0 spiro atoms. The van der Waals surface area contributed by atoms with Crippen LogP contribution in [0.5, 0.6) is 11.5 Å². The lowest BCUT2D eigenvalue weighted by Crippen LogP contribution is -1.91. The minimum absolute atomic E-state index is 0.580. The largest absolute Gasteiger partial charge is 0.457 e. The van der Waals surface area contributed by atoms with Crippen LogP contribution in [-0.2, 0) is 5.33 Å². The normalized spacial score (nSPS) is 12.2. The highest BCUT2D eigenvalue weighted by atomic mass is 79.9. The van der Waals surface area contributed by atoms with E-state index >= 15 is 0 Å². The van der Waals surface area contributed by atoms with Gasteiger partial charge >= 0.3 is 0 Å². The van der Waals surface area contributed by atoms with Crippen LogP contribution in [0.15, 0.2) is 42.5 Å². The summed E-state index contributed by atoms with van der Waals surface area (Å²) >= 11 is 9.57. The van der Waals surface area contributed by atoms with Crippen molar-refractivity contribution < 1.29 is 4.74 Å². The summed E-state index contributed by atoms with van der Waals surface area (Å²) in [6, 6.07) is 14.0. The second-order valence-corrected chi connectivity index (χ2v) is 5.84. The molecule has 20 heavy (non-hydrogen) atoms. The van der Waals surface area contributed by atoms with Crippen molar-refractivity contribution in [1.29, 1.82) is 0 Å². The van der Waals surface area contributed by atoms with E-state index in [0.717, 1.165) is 33.8 Å². The SMILES string of the molecule is CCC(C)c1ccc(Oc2ccc(CBr)c(Cl)c2)cc1. The summed E-state index contributed by atoms with van der Waals surface area (Å²) in [6.07, 6.45) is 1.14. The quantitative estimate of drug-likeness (QED) is 0.554. The van der Waals surface area contributed by atoms with E-state index in [-0.39, 0.29) is 0 Å². The smallest absolute Gasteiger partial charge is 0.128 e. The summed E-state index contributed by atoms with van der Waals surface area (Å²) in [5.74, 6) is 2.17. The Morgan fingerprint density at radius 2 is 1.75 bits per heavy atom. The molecule has 2 aromatic rings. The maximum atomic E-state index is 6.17. The molecule has 106 valence electrons. The number of alkyl halides is 1. The molecular formula is C17H18BrClO. The molecule has 2 aromatic carbocycles. The highest BCUT2D eigenvalue weighted by Crippen LogP contribution is 2.29. The molecule has 0 amide bonds. The Balaban J connectivity index is 2.12. The van der Waals surface area contributed by atoms with Gasteiger partial charge in [-0.2, -0.15) is 0 Å². The van der Waals surface area contributed by atoms with Crippen LogP contribution in [0.3, 0.4) is 0 Å². The van der Waals surface area contributed by atoms with Gasteiger partial charge < -0.3 is 4.74 Å². The van der Waals surface area contributed by atoms with Crippen LogP contribution in [-0.4, -0.2) is 0 Å². The molecule has 0 aliphatic rings. The number of hydrogen-bond donors (Lipinski definition) is 0. The third-order valence-electron chi connectivity index (χ3n) is 3.47. The second kappa shape index (κ2) is 7.14. The van der Waals surface area contributed by atoms with E-state index < -0.39 is 0 Å². The molecule has 2 rings (SSSR count). The minimum atomic E-state index is 0.580. The summed E-state index contributed by atoms with van der Waals surface area (Å²) in [4.78, 5) is 0. The molecule has 0 saturated heterocycles. The van der Waals surface area contributed by atoms with E-state index in [1.165, 1.54) is 5.56 Å². The van der Waals surface area contributed by atoms with Gasteiger partial charge in [0.25, 0.3) is 0 Å². The highest BCUT2D eigenvalue weighted by Gasteiger charge is 2.05. The van der Waals surface area contributed by atoms with Crippen molar-refractivity contribution in [2.75, 3.05) is 0 Å². The zero-order valence-electron chi connectivity index (χ0n) is 11.7. The molecule has 0 aliphatic carbocycles. The highest BCUT2D eigenvalue weighted by molar-refractivity contribution is 9.08. The lowest BCUT2D eigenvalue weighted by Gasteiger charge is -2.11. The first-order valence-electron chi connectivity index (χ1n) is 6.76. The van der Waals surface area contributed by atoms with E-state index in [1.54, 1.807) is 0 Å². The molecule has 0 bridgehead atoms. The van der Waals surface area contributed by atoms with Crippen molar-refractivity contribution >= 4 is 27.5 Å². The maximum Gasteiger partial charge on any atom is 0.128 e. The number of rotatable bonds is 5. The lowest BCUT2D eigenvalue weighted by molar-refractivity contribution is 0.482. The van der Waals surface area contributed by atoms with E-state index in [1.807, 2.05) is 30.3 Å². The predicted molar refractivity (Wildman–Crippen MR) is 89.3 cm³/mol. The Morgan fingerprint density at radius 1 is 1.10 bits per heavy atom. The number of hydrogen-bond acceptors (Lipinski definition) is 1. The number of ether oxygens (including phenoxy) is 1. The minimum Gasteiger partial charge on any atom is -0.457 e. The van der Waals surface area contributed by atoms with Crippen molar-refractivity contribution in [3.8, 4) is 11.5 Å². The summed E-state index contributed by atoms with van der Waals surface area (Å²) in [5, 5.41) is 1.46. The average molecular weight is 354 g/mol. The molecule has 1 atom stereocenters. The Morgan fingerprint density at radius 3 is 2.30 bits per heavy atom. The van der Waals surface area contributed by atoms with Gasteiger partial charge in [0.1, 0.15) is 11.5 Å². The molecule has 3 heteroatoms. The number of benzene rings is 2. The fraction of sp³-hybridized carbons (Fsp3) is 0.294. The molecule has 0 heterocycles. The Labute approximate surface area is 134 Å². The second-order valence-electron chi connectivity index (χ2n) is 4.87. The predicted octanol–water partition coefficient (Wildman–Crippen LogP) is 6.54. The zero-order valence-corrected chi connectivity index (χ0v) is 14.0. The lowest BCUT2D eigenvalue weighted by atomic mass is 9.99. The third kappa shape index (κ3) is 3.77. The molecule has 1 unspecified atom stereocenters. The zero-order chi connectivity index (χ0) is 14.5. The average Bonchev–Trinajstić information content (AvgIpc) is 2.47. The fourth-order valence-electron chi connectivity index (χ4n) is 1.94. The van der Waals surface area contributed by atoms with Crippen molar-refractivity contribution in [3.05, 3.63) is 58.6 Å². The first-order valence-corrected chi connectivity index (χ1v) is 8.26. The van der Waals surface area contributed by atoms with Crippen molar-refractivity contribution in [3.63, 3.8) is 0 Å². The first-order chi connectivity index (χ1) is 9.63. The van der Waals surface area contributed by atoms with E-state index in [0.29, 0.717) is 5.92 Å². The topological polar surface area (TPSA) is 9.23 Å². The van der Waals surface area contributed by atoms with Gasteiger partial charge in [0.2, 0.25) is 0 Å². The Hall–Kier alpha value is -0.990. The van der Waals surface area contributed by atoms with Crippen LogP contribution < -0.4 is 4.74 Å². The van der Waals surface area contributed by atoms with E-state index in [9.17, 15) is 0 Å². The monoisotopic (exact) mass is 352 g/mol. The molecular weight excluding hydrogens is 336 g/mol. The Bertz CT molecular complexity index is 566. The first kappa shape index (κ1) is 15.4. The summed E-state index contributed by atoms with van der Waals surface area (Å²) in [7, 11) is 0. The van der Waals surface area contributed by atoms with Crippen LogP contribution in [0.1, 0.15) is 37.3 Å². The molecule has 1 nitrogen and oxygen atoms in total. The van der Waals surface area contributed by atoms with Gasteiger partial charge in [-0.3, -0.25) is 0 Å². The third-order valence-corrected chi connectivity index (χ3v) is 4.42. The maximum absolute atomic E-state index is 6.17.